The Bertz CT molecular complexity index is 918. The predicted octanol–water partition coefficient (Wildman–Crippen LogP) is 4.36. The van der Waals surface area contributed by atoms with Crippen molar-refractivity contribution in [3.8, 4) is 0 Å². The van der Waals surface area contributed by atoms with E-state index in [1.54, 1.807) is 12.1 Å². The summed E-state index contributed by atoms with van der Waals surface area (Å²) in [4.78, 5) is 25.4. The molecule has 5 heteroatoms. The molecule has 3 aromatic rings. The van der Waals surface area contributed by atoms with Crippen molar-refractivity contribution in [1.29, 1.82) is 0 Å². The number of ether oxygens (including phenoxy) is 1. The molecular formula is C20H17NO3S. The highest BCUT2D eigenvalue weighted by Gasteiger charge is 2.13. The van der Waals surface area contributed by atoms with Crippen LogP contribution in [0.15, 0.2) is 71.6 Å². The predicted molar refractivity (Wildman–Crippen MR) is 101 cm³/mol. The lowest BCUT2D eigenvalue weighted by Gasteiger charge is -2.10. The van der Waals surface area contributed by atoms with E-state index in [1.165, 1.54) is 11.8 Å². The maximum atomic E-state index is 12.3. The highest BCUT2D eigenvalue weighted by Crippen LogP contribution is 2.24. The van der Waals surface area contributed by atoms with Crippen molar-refractivity contribution >= 4 is 40.1 Å². The molecule has 25 heavy (non-hydrogen) atoms. The molecule has 0 aromatic heterocycles. The number of amides is 1. The fourth-order valence-electron chi connectivity index (χ4n) is 2.55. The number of nitrogens with one attached hydrogen (secondary N) is 1. The Morgan fingerprint density at radius 3 is 2.52 bits per heavy atom. The van der Waals surface area contributed by atoms with E-state index in [4.69, 9.17) is 4.74 Å². The van der Waals surface area contributed by atoms with Crippen LogP contribution in [0.5, 0.6) is 0 Å². The molecule has 1 N–H and O–H groups in total. The van der Waals surface area contributed by atoms with E-state index in [1.807, 2.05) is 60.9 Å². The number of carbonyl (C=O) groups excluding carboxylic acids is 2. The average Bonchev–Trinajstić information content (AvgIpc) is 2.66. The van der Waals surface area contributed by atoms with E-state index in [9.17, 15) is 9.59 Å². The Balaban J connectivity index is 1.66. The van der Waals surface area contributed by atoms with Crippen molar-refractivity contribution in [3.05, 3.63) is 72.3 Å². The summed E-state index contributed by atoms with van der Waals surface area (Å²) in [5.74, 6) is -0.875. The quantitative estimate of drug-likeness (QED) is 0.548. The van der Waals surface area contributed by atoms with Crippen LogP contribution < -0.4 is 5.32 Å². The molecule has 0 aliphatic heterocycles. The number of rotatable bonds is 5. The molecule has 0 heterocycles. The van der Waals surface area contributed by atoms with Crippen molar-refractivity contribution in [2.45, 2.75) is 4.90 Å². The van der Waals surface area contributed by atoms with Gasteiger partial charge < -0.3 is 10.1 Å². The molecule has 3 rings (SSSR count). The minimum Gasteiger partial charge on any atom is -0.452 e. The van der Waals surface area contributed by atoms with Crippen LogP contribution in [-0.2, 0) is 9.53 Å². The van der Waals surface area contributed by atoms with Crippen molar-refractivity contribution < 1.29 is 14.3 Å². The summed E-state index contributed by atoms with van der Waals surface area (Å²) in [6.07, 6.45) is 1.94. The van der Waals surface area contributed by atoms with Crippen LogP contribution in [0.1, 0.15) is 10.4 Å². The van der Waals surface area contributed by atoms with Gasteiger partial charge in [-0.05, 0) is 35.2 Å². The van der Waals surface area contributed by atoms with Gasteiger partial charge in [-0.25, -0.2) is 4.79 Å². The minimum absolute atomic E-state index is 0.329. The summed E-state index contributed by atoms with van der Waals surface area (Å²) < 4.78 is 5.19. The third-order valence-corrected chi connectivity index (χ3v) is 4.52. The Hall–Kier alpha value is -2.79. The topological polar surface area (TPSA) is 55.4 Å². The zero-order chi connectivity index (χ0) is 17.6. The van der Waals surface area contributed by atoms with Crippen LogP contribution in [0.2, 0.25) is 0 Å². The van der Waals surface area contributed by atoms with Crippen LogP contribution in [0.4, 0.5) is 5.69 Å². The van der Waals surface area contributed by atoms with Crippen LogP contribution in [0.25, 0.3) is 10.8 Å². The van der Waals surface area contributed by atoms with Gasteiger partial charge in [0.2, 0.25) is 0 Å². The van der Waals surface area contributed by atoms with Gasteiger partial charge in [-0.15, -0.1) is 11.8 Å². The first kappa shape index (κ1) is 17.0. The Kier molecular flexibility index (Phi) is 5.36. The van der Waals surface area contributed by atoms with Gasteiger partial charge in [0.15, 0.2) is 6.61 Å². The molecule has 0 bridgehead atoms. The summed E-state index contributed by atoms with van der Waals surface area (Å²) >= 11 is 1.54. The largest absolute Gasteiger partial charge is 0.452 e. The molecule has 0 atom stereocenters. The van der Waals surface area contributed by atoms with Gasteiger partial charge in [-0.3, -0.25) is 4.79 Å². The molecule has 0 aliphatic carbocycles. The van der Waals surface area contributed by atoms with Crippen molar-refractivity contribution in [1.82, 2.24) is 0 Å². The highest BCUT2D eigenvalue weighted by atomic mass is 32.2. The first-order chi connectivity index (χ1) is 12.2. The number of para-hydroxylation sites is 1. The van der Waals surface area contributed by atoms with E-state index in [0.717, 1.165) is 15.7 Å². The number of thioether (sulfide) groups is 1. The lowest BCUT2D eigenvalue weighted by Crippen LogP contribution is -2.21. The molecule has 4 nitrogen and oxygen atoms in total. The number of hydrogen-bond donors (Lipinski definition) is 1. The zero-order valence-corrected chi connectivity index (χ0v) is 14.5. The Morgan fingerprint density at radius 1 is 0.960 bits per heavy atom. The number of benzene rings is 3. The fraction of sp³-hybridized carbons (Fsp3) is 0.100. The monoisotopic (exact) mass is 351 g/mol. The maximum absolute atomic E-state index is 12.3. The number of anilines is 1. The Labute approximate surface area is 150 Å². The summed E-state index contributed by atoms with van der Waals surface area (Å²) in [6.45, 7) is -0.329. The van der Waals surface area contributed by atoms with Crippen LogP contribution in [0, 0.1) is 0 Å². The second-order valence-corrected chi connectivity index (χ2v) is 6.20. The molecule has 3 aromatic carbocycles. The van der Waals surface area contributed by atoms with Crippen molar-refractivity contribution in [3.63, 3.8) is 0 Å². The lowest BCUT2D eigenvalue weighted by molar-refractivity contribution is -0.119. The smallest absolute Gasteiger partial charge is 0.339 e. The minimum atomic E-state index is -0.509. The SMILES string of the molecule is CSc1ccccc1NC(=O)COC(=O)c1cccc2ccccc12. The van der Waals surface area contributed by atoms with Gasteiger partial charge in [0.25, 0.3) is 5.91 Å². The number of esters is 1. The first-order valence-corrected chi connectivity index (χ1v) is 8.99. The van der Waals surface area contributed by atoms with Gasteiger partial charge in [0.05, 0.1) is 11.3 Å². The summed E-state index contributed by atoms with van der Waals surface area (Å²) in [6, 6.07) is 20.5. The summed E-state index contributed by atoms with van der Waals surface area (Å²) in [5, 5.41) is 4.53. The van der Waals surface area contributed by atoms with E-state index in [0.29, 0.717) is 11.3 Å². The van der Waals surface area contributed by atoms with E-state index in [2.05, 4.69) is 5.32 Å². The second-order valence-electron chi connectivity index (χ2n) is 5.35. The number of fused-ring (bicyclic) bond motifs is 1. The molecule has 0 saturated carbocycles. The highest BCUT2D eigenvalue weighted by molar-refractivity contribution is 7.98. The lowest BCUT2D eigenvalue weighted by atomic mass is 10.1. The molecule has 126 valence electrons. The van der Waals surface area contributed by atoms with E-state index >= 15 is 0 Å². The third-order valence-electron chi connectivity index (χ3n) is 3.72. The average molecular weight is 351 g/mol. The van der Waals surface area contributed by atoms with Gasteiger partial charge >= 0.3 is 5.97 Å². The summed E-state index contributed by atoms with van der Waals surface area (Å²) in [7, 11) is 0. The molecule has 0 fully saturated rings. The van der Waals surface area contributed by atoms with Crippen LogP contribution in [0.3, 0.4) is 0 Å². The molecule has 0 unspecified atom stereocenters. The Morgan fingerprint density at radius 2 is 1.68 bits per heavy atom. The van der Waals surface area contributed by atoms with Gasteiger partial charge in [-0.1, -0.05) is 48.5 Å². The van der Waals surface area contributed by atoms with Crippen molar-refractivity contribution in [2.24, 2.45) is 0 Å². The number of carbonyl (C=O) groups is 2. The molecule has 1 amide bonds. The summed E-state index contributed by atoms with van der Waals surface area (Å²) in [5.41, 5.74) is 1.16. The van der Waals surface area contributed by atoms with Crippen molar-refractivity contribution in [2.75, 3.05) is 18.2 Å². The van der Waals surface area contributed by atoms with E-state index < -0.39 is 5.97 Å². The normalized spacial score (nSPS) is 10.4. The zero-order valence-electron chi connectivity index (χ0n) is 13.7. The van der Waals surface area contributed by atoms with Crippen LogP contribution >= 0.6 is 11.8 Å². The fourth-order valence-corrected chi connectivity index (χ4v) is 3.10. The number of hydrogen-bond acceptors (Lipinski definition) is 4. The second kappa shape index (κ2) is 7.85. The molecule has 0 aliphatic rings. The molecular weight excluding hydrogens is 334 g/mol. The van der Waals surface area contributed by atoms with Gasteiger partial charge in [-0.2, -0.15) is 0 Å². The molecule has 0 saturated heterocycles. The van der Waals surface area contributed by atoms with Gasteiger partial charge in [0.1, 0.15) is 0 Å². The third kappa shape index (κ3) is 4.00. The van der Waals surface area contributed by atoms with Gasteiger partial charge in [0, 0.05) is 4.90 Å². The molecule has 0 spiro atoms. The maximum Gasteiger partial charge on any atom is 0.339 e. The molecule has 0 radical (unpaired) electrons. The van der Waals surface area contributed by atoms with E-state index in [-0.39, 0.29) is 12.5 Å². The first-order valence-electron chi connectivity index (χ1n) is 7.77. The standard InChI is InChI=1S/C20H17NO3S/c1-25-18-12-5-4-11-17(18)21-19(22)13-24-20(23)16-10-6-8-14-7-2-3-9-15(14)16/h2-12H,13H2,1H3,(H,21,22). The van der Waals surface area contributed by atoms with Crippen LogP contribution in [-0.4, -0.2) is 24.7 Å².